The third-order valence-electron chi connectivity index (χ3n) is 3.15. The van der Waals surface area contributed by atoms with E-state index >= 15 is 0 Å². The number of aromatic amines is 2. The number of pyridine rings is 2. The van der Waals surface area contributed by atoms with Crippen LogP contribution in [0.4, 0.5) is 0 Å². The summed E-state index contributed by atoms with van der Waals surface area (Å²) in [5, 5.41) is 2.30. The molecule has 0 bridgehead atoms. The number of H-pyrrole nitrogens is 2. The number of fused-ring (bicyclic) bond motifs is 2. The van der Waals surface area contributed by atoms with Crippen LogP contribution in [0.25, 0.3) is 27.8 Å². The Labute approximate surface area is 103 Å². The fourth-order valence-electron chi connectivity index (χ4n) is 2.23. The molecule has 2 N–H and O–H groups in total. The van der Waals surface area contributed by atoms with Crippen LogP contribution in [0.3, 0.4) is 0 Å². The lowest BCUT2D eigenvalue weighted by molar-refractivity contribution is -0.597. The molecule has 86 valence electrons. The van der Waals surface area contributed by atoms with Crippen molar-refractivity contribution in [1.82, 2.24) is 15.0 Å². The number of nitrogens with zero attached hydrogens (tertiary/aromatic N) is 2. The second kappa shape index (κ2) is 3.43. The van der Waals surface area contributed by atoms with Crippen molar-refractivity contribution in [1.29, 1.82) is 0 Å². The summed E-state index contributed by atoms with van der Waals surface area (Å²) in [6.07, 6.45) is 7.87. The molecule has 4 aromatic heterocycles. The molecular weight excluding hydrogens is 224 g/mol. The lowest BCUT2D eigenvalue weighted by Crippen LogP contribution is -2.29. The standard InChI is InChI=1S/C14H10N4/c1-2-10-8-13(17-14(10)16-5-1)18-7-4-12-11(9-18)3-6-15-12/h1-9H,(H,16,17)/p+1. The van der Waals surface area contributed by atoms with Crippen molar-refractivity contribution in [2.45, 2.75) is 0 Å². The molecule has 0 atom stereocenters. The lowest BCUT2D eigenvalue weighted by Gasteiger charge is -1.94. The summed E-state index contributed by atoms with van der Waals surface area (Å²) in [5.74, 6) is 1.02. The van der Waals surface area contributed by atoms with Gasteiger partial charge in [-0.1, -0.05) is 0 Å². The Morgan fingerprint density at radius 1 is 1.11 bits per heavy atom. The molecule has 0 saturated heterocycles. The molecule has 0 aliphatic rings. The molecule has 0 aromatic carbocycles. The Balaban J connectivity index is 1.94. The predicted octanol–water partition coefficient (Wildman–Crippen LogP) is 2.32. The Kier molecular flexibility index (Phi) is 1.80. The molecule has 0 fully saturated rings. The minimum Gasteiger partial charge on any atom is -0.361 e. The van der Waals surface area contributed by atoms with E-state index in [1.54, 1.807) is 6.20 Å². The van der Waals surface area contributed by atoms with E-state index in [-0.39, 0.29) is 0 Å². The molecule has 4 nitrogen and oxygen atoms in total. The van der Waals surface area contributed by atoms with Crippen LogP contribution in [0.5, 0.6) is 0 Å². The molecule has 0 spiro atoms. The van der Waals surface area contributed by atoms with Crippen molar-refractivity contribution >= 4 is 21.9 Å². The van der Waals surface area contributed by atoms with Crippen LogP contribution in [-0.4, -0.2) is 15.0 Å². The Morgan fingerprint density at radius 3 is 3.06 bits per heavy atom. The van der Waals surface area contributed by atoms with Crippen molar-refractivity contribution in [3.8, 4) is 5.82 Å². The Morgan fingerprint density at radius 2 is 2.11 bits per heavy atom. The highest BCUT2D eigenvalue weighted by molar-refractivity contribution is 5.78. The fourth-order valence-corrected chi connectivity index (χ4v) is 2.23. The summed E-state index contributed by atoms with van der Waals surface area (Å²) in [5.41, 5.74) is 2.05. The third kappa shape index (κ3) is 1.32. The molecule has 0 aliphatic heterocycles. The van der Waals surface area contributed by atoms with E-state index in [9.17, 15) is 0 Å². The number of hydrogen-bond acceptors (Lipinski definition) is 1. The zero-order chi connectivity index (χ0) is 11.9. The van der Waals surface area contributed by atoms with Gasteiger partial charge >= 0.3 is 0 Å². The summed E-state index contributed by atoms with van der Waals surface area (Å²) in [6, 6.07) is 10.2. The topological polar surface area (TPSA) is 48.4 Å². The van der Waals surface area contributed by atoms with Gasteiger partial charge in [-0.3, -0.25) is 0 Å². The lowest BCUT2D eigenvalue weighted by atomic mass is 10.3. The minimum absolute atomic E-state index is 0.911. The number of nitrogens with one attached hydrogen (secondary N) is 2. The normalized spacial score (nSPS) is 11.3. The van der Waals surface area contributed by atoms with Gasteiger partial charge in [0.05, 0.1) is 11.7 Å². The van der Waals surface area contributed by atoms with Gasteiger partial charge in [0.1, 0.15) is 6.20 Å². The van der Waals surface area contributed by atoms with Crippen LogP contribution in [0.1, 0.15) is 0 Å². The van der Waals surface area contributed by atoms with Gasteiger partial charge in [0.15, 0.2) is 0 Å². The van der Waals surface area contributed by atoms with Crippen molar-refractivity contribution in [3.05, 3.63) is 55.1 Å². The molecule has 18 heavy (non-hydrogen) atoms. The van der Waals surface area contributed by atoms with Gasteiger partial charge in [0.2, 0.25) is 5.65 Å². The van der Waals surface area contributed by atoms with Crippen LogP contribution >= 0.6 is 0 Å². The molecule has 0 unspecified atom stereocenters. The second-order valence-corrected chi connectivity index (χ2v) is 4.29. The molecule has 4 aromatic rings. The molecular formula is C14H11N4+. The van der Waals surface area contributed by atoms with Crippen LogP contribution in [-0.2, 0) is 0 Å². The van der Waals surface area contributed by atoms with E-state index < -0.39 is 0 Å². The van der Waals surface area contributed by atoms with Crippen molar-refractivity contribution in [2.24, 2.45) is 0 Å². The molecule has 4 heterocycles. The highest BCUT2D eigenvalue weighted by Gasteiger charge is 2.10. The monoisotopic (exact) mass is 235 g/mol. The van der Waals surface area contributed by atoms with Crippen LogP contribution in [0.15, 0.2) is 55.1 Å². The average molecular weight is 235 g/mol. The predicted molar refractivity (Wildman–Crippen MR) is 69.5 cm³/mol. The van der Waals surface area contributed by atoms with Crippen LogP contribution in [0, 0.1) is 0 Å². The average Bonchev–Trinajstić information content (AvgIpc) is 3.04. The molecule has 4 rings (SSSR count). The number of hydrogen-bond donors (Lipinski definition) is 2. The van der Waals surface area contributed by atoms with Crippen LogP contribution < -0.4 is 4.57 Å². The highest BCUT2D eigenvalue weighted by Crippen LogP contribution is 2.13. The smallest absolute Gasteiger partial charge is 0.286 e. The molecule has 0 amide bonds. The summed E-state index contributed by atoms with van der Waals surface area (Å²) < 4.78 is 2.07. The zero-order valence-corrected chi connectivity index (χ0v) is 9.59. The molecule has 0 radical (unpaired) electrons. The van der Waals surface area contributed by atoms with E-state index in [0.29, 0.717) is 0 Å². The minimum atomic E-state index is 0.911. The van der Waals surface area contributed by atoms with Gasteiger partial charge in [0, 0.05) is 35.3 Å². The second-order valence-electron chi connectivity index (χ2n) is 4.29. The maximum atomic E-state index is 4.30. The highest BCUT2D eigenvalue weighted by atomic mass is 15.1. The molecule has 4 heteroatoms. The zero-order valence-electron chi connectivity index (χ0n) is 9.59. The number of aromatic nitrogens is 4. The van der Waals surface area contributed by atoms with Gasteiger partial charge in [-0.2, -0.15) is 0 Å². The van der Waals surface area contributed by atoms with E-state index in [0.717, 1.165) is 22.4 Å². The maximum absolute atomic E-state index is 4.30. The SMILES string of the molecule is c1cnc2[nH]c(-[n+]3ccc4[nH]ccc4c3)cc2c1. The Hall–Kier alpha value is -2.62. The first-order valence-corrected chi connectivity index (χ1v) is 5.83. The molecule has 0 aliphatic carbocycles. The largest absolute Gasteiger partial charge is 0.361 e. The van der Waals surface area contributed by atoms with E-state index in [2.05, 4.69) is 50.0 Å². The van der Waals surface area contributed by atoms with Crippen molar-refractivity contribution < 1.29 is 4.57 Å². The summed E-state index contributed by atoms with van der Waals surface area (Å²) in [7, 11) is 0. The third-order valence-corrected chi connectivity index (χ3v) is 3.15. The van der Waals surface area contributed by atoms with E-state index in [4.69, 9.17) is 0 Å². The van der Waals surface area contributed by atoms with Gasteiger partial charge in [0.25, 0.3) is 5.82 Å². The van der Waals surface area contributed by atoms with Crippen molar-refractivity contribution in [2.75, 3.05) is 0 Å². The summed E-state index contributed by atoms with van der Waals surface area (Å²) in [6.45, 7) is 0. The fraction of sp³-hybridized carbons (Fsp3) is 0. The van der Waals surface area contributed by atoms with Gasteiger partial charge < -0.3 is 4.98 Å². The Bertz CT molecular complexity index is 808. The first-order valence-electron chi connectivity index (χ1n) is 5.83. The van der Waals surface area contributed by atoms with E-state index in [1.165, 1.54) is 5.39 Å². The van der Waals surface area contributed by atoms with Gasteiger partial charge in [-0.25, -0.2) is 14.5 Å². The first-order chi connectivity index (χ1) is 8.90. The van der Waals surface area contributed by atoms with E-state index in [1.807, 2.05) is 18.5 Å². The summed E-state index contributed by atoms with van der Waals surface area (Å²) in [4.78, 5) is 10.8. The quantitative estimate of drug-likeness (QED) is 0.489. The van der Waals surface area contributed by atoms with Gasteiger partial charge in [-0.05, 0) is 18.2 Å². The molecule has 0 saturated carbocycles. The first kappa shape index (κ1) is 9.41. The van der Waals surface area contributed by atoms with Gasteiger partial charge in [-0.15, -0.1) is 0 Å². The summed E-state index contributed by atoms with van der Waals surface area (Å²) >= 11 is 0. The van der Waals surface area contributed by atoms with Crippen molar-refractivity contribution in [3.63, 3.8) is 0 Å². The number of rotatable bonds is 1. The maximum Gasteiger partial charge on any atom is 0.286 e. The van der Waals surface area contributed by atoms with Crippen LogP contribution in [0.2, 0.25) is 0 Å².